The highest BCUT2D eigenvalue weighted by Gasteiger charge is 2.40. The molecule has 21 heavy (non-hydrogen) atoms. The monoisotopic (exact) mass is 309 g/mol. The normalized spacial score (nSPS) is 22.8. The van der Waals surface area contributed by atoms with Crippen molar-refractivity contribution < 1.29 is 4.79 Å². The standard InChI is InChI=1S/C16H27N3OS/c1-5-18(6-2)8-9-19-15(13-7-10-21-11-13)17-14(12(3)4)16(19)20/h7,10-12,14-15,17H,5-6,8-9H2,1-4H3. The number of rotatable bonds is 7. The summed E-state index contributed by atoms with van der Waals surface area (Å²) in [7, 11) is 0. The molecule has 0 aliphatic carbocycles. The van der Waals surface area contributed by atoms with Crippen LogP contribution in [0.3, 0.4) is 0 Å². The van der Waals surface area contributed by atoms with E-state index in [1.54, 1.807) is 11.3 Å². The third-order valence-corrected chi connectivity index (χ3v) is 4.98. The van der Waals surface area contributed by atoms with Gasteiger partial charge < -0.3 is 9.80 Å². The molecule has 1 amide bonds. The smallest absolute Gasteiger partial charge is 0.241 e. The summed E-state index contributed by atoms with van der Waals surface area (Å²) < 4.78 is 0. The molecule has 1 N–H and O–H groups in total. The van der Waals surface area contributed by atoms with E-state index in [1.807, 2.05) is 4.90 Å². The highest BCUT2D eigenvalue weighted by atomic mass is 32.1. The Kier molecular flexibility index (Phi) is 5.79. The van der Waals surface area contributed by atoms with Crippen LogP contribution >= 0.6 is 11.3 Å². The van der Waals surface area contributed by atoms with Crippen LogP contribution in [0.2, 0.25) is 0 Å². The van der Waals surface area contributed by atoms with Crippen LogP contribution < -0.4 is 5.32 Å². The zero-order valence-electron chi connectivity index (χ0n) is 13.5. The largest absolute Gasteiger partial charge is 0.320 e. The summed E-state index contributed by atoms with van der Waals surface area (Å²) in [6, 6.07) is 2.05. The van der Waals surface area contributed by atoms with Crippen LogP contribution in [-0.2, 0) is 4.79 Å². The van der Waals surface area contributed by atoms with Crippen LogP contribution in [-0.4, -0.2) is 47.9 Å². The molecule has 0 bridgehead atoms. The van der Waals surface area contributed by atoms with E-state index >= 15 is 0 Å². The molecule has 1 aromatic rings. The van der Waals surface area contributed by atoms with Crippen molar-refractivity contribution >= 4 is 17.2 Å². The number of thiophene rings is 1. The number of nitrogens with zero attached hydrogens (tertiary/aromatic N) is 2. The Bertz CT molecular complexity index is 442. The number of amides is 1. The predicted octanol–water partition coefficient (Wildman–Crippen LogP) is 2.54. The van der Waals surface area contributed by atoms with Gasteiger partial charge >= 0.3 is 0 Å². The molecule has 1 fully saturated rings. The average molecular weight is 309 g/mol. The van der Waals surface area contributed by atoms with Crippen molar-refractivity contribution in [1.29, 1.82) is 0 Å². The Hall–Kier alpha value is -0.910. The molecule has 2 rings (SSSR count). The molecule has 2 atom stereocenters. The summed E-state index contributed by atoms with van der Waals surface area (Å²) in [5, 5.41) is 7.73. The predicted molar refractivity (Wildman–Crippen MR) is 88.3 cm³/mol. The number of carbonyl (C=O) groups is 1. The number of likely N-dealkylation sites (N-methyl/N-ethyl adjacent to an activating group) is 1. The van der Waals surface area contributed by atoms with Crippen molar-refractivity contribution in [1.82, 2.24) is 15.1 Å². The number of hydrogen-bond acceptors (Lipinski definition) is 4. The maximum Gasteiger partial charge on any atom is 0.241 e. The lowest BCUT2D eigenvalue weighted by Gasteiger charge is -2.27. The second-order valence-corrected chi connectivity index (χ2v) is 6.69. The van der Waals surface area contributed by atoms with Crippen molar-refractivity contribution in [2.75, 3.05) is 26.2 Å². The Labute approximate surface area is 132 Å². The number of hydrogen-bond donors (Lipinski definition) is 1. The molecule has 1 saturated heterocycles. The third kappa shape index (κ3) is 3.65. The van der Waals surface area contributed by atoms with Gasteiger partial charge in [-0.15, -0.1) is 0 Å². The fourth-order valence-electron chi connectivity index (χ4n) is 2.85. The summed E-state index contributed by atoms with van der Waals surface area (Å²) in [5.41, 5.74) is 1.20. The fourth-order valence-corrected chi connectivity index (χ4v) is 3.53. The Morgan fingerprint density at radius 3 is 2.62 bits per heavy atom. The molecule has 0 spiro atoms. The minimum absolute atomic E-state index is 0.0340. The van der Waals surface area contributed by atoms with Crippen molar-refractivity contribution in [2.24, 2.45) is 5.92 Å². The lowest BCUT2D eigenvalue weighted by atomic mass is 10.1. The van der Waals surface area contributed by atoms with Gasteiger partial charge in [0.25, 0.3) is 0 Å². The zero-order valence-corrected chi connectivity index (χ0v) is 14.3. The summed E-state index contributed by atoms with van der Waals surface area (Å²) in [4.78, 5) is 17.1. The van der Waals surface area contributed by atoms with Gasteiger partial charge in [-0.05, 0) is 41.4 Å². The first-order valence-electron chi connectivity index (χ1n) is 7.89. The number of nitrogens with one attached hydrogen (secondary N) is 1. The SMILES string of the molecule is CCN(CC)CCN1C(=O)C(C(C)C)NC1c1ccsc1. The van der Waals surface area contributed by atoms with E-state index in [1.165, 1.54) is 5.56 Å². The minimum atomic E-state index is -0.0633. The van der Waals surface area contributed by atoms with Gasteiger partial charge in [0.1, 0.15) is 6.17 Å². The van der Waals surface area contributed by atoms with Crippen LogP contribution in [0.25, 0.3) is 0 Å². The van der Waals surface area contributed by atoms with Gasteiger partial charge in [0.2, 0.25) is 5.91 Å². The van der Waals surface area contributed by atoms with Crippen LogP contribution in [0, 0.1) is 5.92 Å². The molecule has 1 aliphatic rings. The molecule has 118 valence electrons. The summed E-state index contributed by atoms with van der Waals surface area (Å²) in [6.07, 6.45) is 0.0340. The molecule has 5 heteroatoms. The Morgan fingerprint density at radius 2 is 2.10 bits per heavy atom. The van der Waals surface area contributed by atoms with Crippen LogP contribution in [0.1, 0.15) is 39.4 Å². The highest BCUT2D eigenvalue weighted by molar-refractivity contribution is 7.07. The Balaban J connectivity index is 2.11. The molecular formula is C16H27N3OS. The molecule has 4 nitrogen and oxygen atoms in total. The van der Waals surface area contributed by atoms with E-state index in [-0.39, 0.29) is 18.1 Å². The summed E-state index contributed by atoms with van der Waals surface area (Å²) in [5.74, 6) is 0.561. The lowest BCUT2D eigenvalue weighted by Crippen LogP contribution is -2.39. The van der Waals surface area contributed by atoms with E-state index in [0.717, 1.165) is 26.2 Å². The van der Waals surface area contributed by atoms with Crippen molar-refractivity contribution in [3.63, 3.8) is 0 Å². The summed E-state index contributed by atoms with van der Waals surface area (Å²) >= 11 is 1.68. The van der Waals surface area contributed by atoms with Gasteiger partial charge in [-0.1, -0.05) is 27.7 Å². The molecule has 2 heterocycles. The topological polar surface area (TPSA) is 35.6 Å². The lowest BCUT2D eigenvalue weighted by molar-refractivity contribution is -0.131. The molecule has 0 aromatic carbocycles. The van der Waals surface area contributed by atoms with Gasteiger partial charge in [0, 0.05) is 13.1 Å². The maximum atomic E-state index is 12.7. The van der Waals surface area contributed by atoms with Crippen LogP contribution in [0.5, 0.6) is 0 Å². The molecule has 1 aromatic heterocycles. The Morgan fingerprint density at radius 1 is 1.38 bits per heavy atom. The second-order valence-electron chi connectivity index (χ2n) is 5.91. The van der Waals surface area contributed by atoms with E-state index in [2.05, 4.69) is 54.7 Å². The first kappa shape index (κ1) is 16.5. The van der Waals surface area contributed by atoms with Crippen molar-refractivity contribution in [3.8, 4) is 0 Å². The van der Waals surface area contributed by atoms with Gasteiger partial charge in [0.15, 0.2) is 0 Å². The molecular weight excluding hydrogens is 282 g/mol. The van der Waals surface area contributed by atoms with Crippen LogP contribution in [0.4, 0.5) is 0 Å². The minimum Gasteiger partial charge on any atom is -0.320 e. The van der Waals surface area contributed by atoms with Crippen LogP contribution in [0.15, 0.2) is 16.8 Å². The van der Waals surface area contributed by atoms with E-state index < -0.39 is 0 Å². The molecule has 2 unspecified atom stereocenters. The van der Waals surface area contributed by atoms with Crippen molar-refractivity contribution in [2.45, 2.75) is 39.9 Å². The summed E-state index contributed by atoms with van der Waals surface area (Å²) in [6.45, 7) is 12.3. The van der Waals surface area contributed by atoms with E-state index in [0.29, 0.717) is 5.92 Å². The van der Waals surface area contributed by atoms with Gasteiger partial charge in [-0.3, -0.25) is 10.1 Å². The second kappa shape index (κ2) is 7.38. The number of carbonyl (C=O) groups excluding carboxylic acids is 1. The highest BCUT2D eigenvalue weighted by Crippen LogP contribution is 2.29. The molecule has 0 saturated carbocycles. The van der Waals surface area contributed by atoms with Gasteiger partial charge in [-0.2, -0.15) is 11.3 Å². The van der Waals surface area contributed by atoms with Gasteiger partial charge in [-0.25, -0.2) is 0 Å². The zero-order chi connectivity index (χ0) is 15.4. The maximum absolute atomic E-state index is 12.7. The van der Waals surface area contributed by atoms with Crippen molar-refractivity contribution in [3.05, 3.63) is 22.4 Å². The molecule has 0 radical (unpaired) electrons. The average Bonchev–Trinajstić information content (AvgIpc) is 3.08. The van der Waals surface area contributed by atoms with E-state index in [4.69, 9.17) is 0 Å². The fraction of sp³-hybridized carbons (Fsp3) is 0.688. The quantitative estimate of drug-likeness (QED) is 0.841. The van der Waals surface area contributed by atoms with E-state index in [9.17, 15) is 4.79 Å². The van der Waals surface area contributed by atoms with Gasteiger partial charge in [0.05, 0.1) is 6.04 Å². The first-order chi connectivity index (χ1) is 10.1. The first-order valence-corrected chi connectivity index (χ1v) is 8.83. The third-order valence-electron chi connectivity index (χ3n) is 4.28. The molecule has 1 aliphatic heterocycles.